The molecule has 0 aliphatic carbocycles. The van der Waals surface area contributed by atoms with Crippen LogP contribution in [0, 0.1) is 0 Å². The summed E-state index contributed by atoms with van der Waals surface area (Å²) in [7, 11) is 0. The van der Waals surface area contributed by atoms with E-state index in [1.807, 2.05) is 0 Å². The summed E-state index contributed by atoms with van der Waals surface area (Å²) in [4.78, 5) is 10.7. The number of primary amides is 1. The molecule has 0 aliphatic rings. The number of benzene rings is 2. The molecule has 118 valence electrons. The van der Waals surface area contributed by atoms with Gasteiger partial charge in [-0.25, -0.2) is 10.2 Å². The molecule has 1 heterocycles. The van der Waals surface area contributed by atoms with Crippen molar-refractivity contribution in [2.75, 3.05) is 0 Å². The van der Waals surface area contributed by atoms with Gasteiger partial charge in [-0.05, 0) is 18.2 Å². The number of amides is 2. The van der Waals surface area contributed by atoms with Crippen molar-refractivity contribution in [2.45, 2.75) is 6.61 Å². The molecule has 0 saturated heterocycles. The molecule has 6 nitrogen and oxygen atoms in total. The molecule has 3 N–H and O–H groups in total. The van der Waals surface area contributed by atoms with Gasteiger partial charge < -0.3 is 14.9 Å². The monoisotopic (exact) mass is 319 g/mol. The molecule has 1 aromatic heterocycles. The van der Waals surface area contributed by atoms with E-state index >= 15 is 0 Å². The summed E-state index contributed by atoms with van der Waals surface area (Å²) in [5, 5.41) is 4.95. The normalized spacial score (nSPS) is 11.6. The number of carbonyl (C=O) groups excluding carboxylic acids is 1. The number of halogens is 2. The quantitative estimate of drug-likeness (QED) is 0.571. The molecule has 23 heavy (non-hydrogen) atoms. The number of furan rings is 1. The highest BCUT2D eigenvalue weighted by atomic mass is 19.3. The number of hydrazone groups is 1. The summed E-state index contributed by atoms with van der Waals surface area (Å²) < 4.78 is 35.2. The molecular weight excluding hydrogens is 308 g/mol. The van der Waals surface area contributed by atoms with Gasteiger partial charge in [-0.2, -0.15) is 13.9 Å². The van der Waals surface area contributed by atoms with Crippen LogP contribution in [0.15, 0.2) is 45.9 Å². The van der Waals surface area contributed by atoms with Crippen LogP contribution >= 0.6 is 0 Å². The topological polar surface area (TPSA) is 89.9 Å². The minimum Gasteiger partial charge on any atom is -0.452 e. The molecule has 0 spiro atoms. The first-order valence-corrected chi connectivity index (χ1v) is 6.54. The summed E-state index contributed by atoms with van der Waals surface area (Å²) in [5.41, 5.74) is 8.26. The molecular formula is C15H11F2N3O3. The maximum Gasteiger partial charge on any atom is 0.387 e. The smallest absolute Gasteiger partial charge is 0.387 e. The van der Waals surface area contributed by atoms with Crippen molar-refractivity contribution in [3.8, 4) is 5.75 Å². The Kier molecular flexibility index (Phi) is 3.80. The Morgan fingerprint density at radius 2 is 2.09 bits per heavy atom. The Morgan fingerprint density at radius 1 is 1.30 bits per heavy atom. The van der Waals surface area contributed by atoms with E-state index < -0.39 is 12.6 Å². The standard InChI is InChI=1S/C15H11F2N3O3/c16-14(17)23-11-6-5-8(7-19-20-15(18)21)12-9-3-1-2-4-10(9)22-13(11)12/h1-7,14H,(H3,18,20,21)/b19-7-. The lowest BCUT2D eigenvalue weighted by atomic mass is 10.1. The lowest BCUT2D eigenvalue weighted by Gasteiger charge is -2.06. The third kappa shape index (κ3) is 2.91. The number of nitrogens with zero attached hydrogens (tertiary/aromatic N) is 1. The van der Waals surface area contributed by atoms with Gasteiger partial charge in [0, 0.05) is 16.3 Å². The number of urea groups is 1. The van der Waals surface area contributed by atoms with E-state index in [1.54, 1.807) is 24.3 Å². The second-order valence-electron chi connectivity index (χ2n) is 4.57. The SMILES string of the molecule is NC(=O)N/N=C\c1ccc(OC(F)F)c2oc3ccccc3c12. The van der Waals surface area contributed by atoms with E-state index in [4.69, 9.17) is 10.2 Å². The highest BCUT2D eigenvalue weighted by Crippen LogP contribution is 2.37. The molecule has 0 unspecified atom stereocenters. The largest absolute Gasteiger partial charge is 0.452 e. The molecule has 0 bridgehead atoms. The van der Waals surface area contributed by atoms with Gasteiger partial charge in [-0.1, -0.05) is 18.2 Å². The molecule has 0 aliphatic heterocycles. The van der Waals surface area contributed by atoms with E-state index in [9.17, 15) is 13.6 Å². The highest BCUT2D eigenvalue weighted by Gasteiger charge is 2.17. The van der Waals surface area contributed by atoms with Crippen LogP contribution in [0.25, 0.3) is 21.9 Å². The summed E-state index contributed by atoms with van der Waals surface area (Å²) in [6, 6.07) is 9.13. The van der Waals surface area contributed by atoms with Gasteiger partial charge in [0.2, 0.25) is 0 Å². The van der Waals surface area contributed by atoms with E-state index in [-0.39, 0.29) is 11.3 Å². The zero-order valence-electron chi connectivity index (χ0n) is 11.6. The Labute approximate surface area is 128 Å². The molecule has 0 fully saturated rings. The Hall–Kier alpha value is -3.16. The van der Waals surface area contributed by atoms with Crippen LogP contribution < -0.4 is 15.9 Å². The van der Waals surface area contributed by atoms with Crippen LogP contribution in [0.4, 0.5) is 13.6 Å². The van der Waals surface area contributed by atoms with Crippen LogP contribution in [0.5, 0.6) is 5.75 Å². The van der Waals surface area contributed by atoms with Crippen molar-refractivity contribution in [3.05, 3.63) is 42.0 Å². The minimum absolute atomic E-state index is 0.0776. The fraction of sp³-hybridized carbons (Fsp3) is 0.0667. The van der Waals surface area contributed by atoms with E-state index in [2.05, 4.69) is 15.3 Å². The lowest BCUT2D eigenvalue weighted by molar-refractivity contribution is -0.0493. The molecule has 2 aromatic carbocycles. The maximum absolute atomic E-state index is 12.5. The number of carbonyl (C=O) groups is 1. The lowest BCUT2D eigenvalue weighted by Crippen LogP contribution is -2.24. The van der Waals surface area contributed by atoms with Gasteiger partial charge in [0.1, 0.15) is 5.58 Å². The van der Waals surface area contributed by atoms with Gasteiger partial charge >= 0.3 is 12.6 Å². The second-order valence-corrected chi connectivity index (χ2v) is 4.57. The van der Waals surface area contributed by atoms with Crippen molar-refractivity contribution in [3.63, 3.8) is 0 Å². The Bertz CT molecular complexity index is 906. The van der Waals surface area contributed by atoms with Crippen LogP contribution in [0.3, 0.4) is 0 Å². The Balaban J connectivity index is 2.21. The number of fused-ring (bicyclic) bond motifs is 3. The number of nitrogens with one attached hydrogen (secondary N) is 1. The molecule has 3 aromatic rings. The third-order valence-corrected chi connectivity index (χ3v) is 3.12. The second kappa shape index (κ2) is 5.91. The zero-order valence-corrected chi connectivity index (χ0v) is 11.6. The summed E-state index contributed by atoms with van der Waals surface area (Å²) in [5.74, 6) is -0.0776. The van der Waals surface area contributed by atoms with Crippen LogP contribution in [-0.4, -0.2) is 18.9 Å². The van der Waals surface area contributed by atoms with Gasteiger partial charge in [0.05, 0.1) is 6.21 Å². The number of hydrogen-bond donors (Lipinski definition) is 2. The molecule has 2 amide bonds. The number of hydrogen-bond acceptors (Lipinski definition) is 4. The average molecular weight is 319 g/mol. The van der Waals surface area contributed by atoms with Crippen molar-refractivity contribution in [1.82, 2.24) is 5.43 Å². The zero-order chi connectivity index (χ0) is 16.4. The Morgan fingerprint density at radius 3 is 2.83 bits per heavy atom. The van der Waals surface area contributed by atoms with Gasteiger partial charge in [-0.3, -0.25) is 0 Å². The molecule has 0 atom stereocenters. The fourth-order valence-electron chi connectivity index (χ4n) is 2.29. The molecule has 8 heteroatoms. The van der Waals surface area contributed by atoms with Gasteiger partial charge in [0.25, 0.3) is 0 Å². The number of rotatable bonds is 4. The van der Waals surface area contributed by atoms with Gasteiger partial charge in [-0.15, -0.1) is 0 Å². The first-order valence-electron chi connectivity index (χ1n) is 6.54. The van der Waals surface area contributed by atoms with Crippen molar-refractivity contribution < 1.29 is 22.7 Å². The van der Waals surface area contributed by atoms with Crippen LogP contribution in [0.2, 0.25) is 0 Å². The van der Waals surface area contributed by atoms with Crippen molar-refractivity contribution >= 4 is 34.2 Å². The highest BCUT2D eigenvalue weighted by molar-refractivity contribution is 6.14. The summed E-state index contributed by atoms with van der Waals surface area (Å²) in [6.45, 7) is -2.97. The minimum atomic E-state index is -2.97. The summed E-state index contributed by atoms with van der Waals surface area (Å²) in [6.07, 6.45) is 1.35. The van der Waals surface area contributed by atoms with Gasteiger partial charge in [0.15, 0.2) is 11.3 Å². The molecule has 0 radical (unpaired) electrons. The van der Waals surface area contributed by atoms with E-state index in [0.717, 1.165) is 0 Å². The first-order chi connectivity index (χ1) is 11.1. The maximum atomic E-state index is 12.5. The number of ether oxygens (including phenoxy) is 1. The van der Waals surface area contributed by atoms with E-state index in [1.165, 1.54) is 18.3 Å². The number of alkyl halides is 2. The average Bonchev–Trinajstić information content (AvgIpc) is 2.88. The number of nitrogens with two attached hydrogens (primary N) is 1. The number of para-hydroxylation sites is 1. The summed E-state index contributed by atoms with van der Waals surface area (Å²) >= 11 is 0. The van der Waals surface area contributed by atoms with Crippen molar-refractivity contribution in [1.29, 1.82) is 0 Å². The predicted molar refractivity (Wildman–Crippen MR) is 80.7 cm³/mol. The first kappa shape index (κ1) is 14.8. The molecule has 0 saturated carbocycles. The van der Waals surface area contributed by atoms with Crippen LogP contribution in [-0.2, 0) is 0 Å². The van der Waals surface area contributed by atoms with E-state index in [0.29, 0.717) is 21.9 Å². The van der Waals surface area contributed by atoms with Crippen LogP contribution in [0.1, 0.15) is 5.56 Å². The molecule has 3 rings (SSSR count). The third-order valence-electron chi connectivity index (χ3n) is 3.12. The van der Waals surface area contributed by atoms with Crippen molar-refractivity contribution in [2.24, 2.45) is 10.8 Å². The fourth-order valence-corrected chi connectivity index (χ4v) is 2.29. The predicted octanol–water partition coefficient (Wildman–Crippen LogP) is 3.19.